The number of nitrogens with zero attached hydrogens (tertiary/aromatic N) is 1. The van der Waals surface area contributed by atoms with Crippen molar-refractivity contribution in [3.63, 3.8) is 0 Å². The first-order chi connectivity index (χ1) is 10.2. The second kappa shape index (κ2) is 6.88. The SMILES string of the molecule is COc1cc(NC(=O)N2CC=CCC2)cc(OC)c1OC. The second-order valence-corrected chi connectivity index (χ2v) is 4.55. The summed E-state index contributed by atoms with van der Waals surface area (Å²) in [6.45, 7) is 1.34. The summed E-state index contributed by atoms with van der Waals surface area (Å²) in [5, 5.41) is 2.85. The highest BCUT2D eigenvalue weighted by Gasteiger charge is 2.17. The van der Waals surface area contributed by atoms with Crippen LogP contribution in [0.3, 0.4) is 0 Å². The van der Waals surface area contributed by atoms with Crippen LogP contribution in [-0.2, 0) is 0 Å². The van der Waals surface area contributed by atoms with Gasteiger partial charge in [-0.05, 0) is 6.42 Å². The van der Waals surface area contributed by atoms with Gasteiger partial charge in [-0.1, -0.05) is 12.2 Å². The largest absolute Gasteiger partial charge is 0.493 e. The molecule has 114 valence electrons. The van der Waals surface area contributed by atoms with E-state index in [-0.39, 0.29) is 6.03 Å². The van der Waals surface area contributed by atoms with E-state index in [1.807, 2.05) is 6.08 Å². The number of carbonyl (C=O) groups is 1. The predicted molar refractivity (Wildman–Crippen MR) is 80.4 cm³/mol. The molecule has 0 bridgehead atoms. The lowest BCUT2D eigenvalue weighted by Crippen LogP contribution is -2.37. The summed E-state index contributed by atoms with van der Waals surface area (Å²) in [6, 6.07) is 3.27. The van der Waals surface area contributed by atoms with E-state index in [9.17, 15) is 4.79 Å². The maximum Gasteiger partial charge on any atom is 0.322 e. The molecule has 6 heteroatoms. The molecule has 2 amide bonds. The number of urea groups is 1. The number of rotatable bonds is 4. The van der Waals surface area contributed by atoms with Crippen LogP contribution in [0.15, 0.2) is 24.3 Å². The molecule has 1 aliphatic rings. The summed E-state index contributed by atoms with van der Waals surface area (Å²) in [6.07, 6.45) is 4.93. The average molecular weight is 292 g/mol. The smallest absolute Gasteiger partial charge is 0.322 e. The minimum Gasteiger partial charge on any atom is -0.493 e. The van der Waals surface area contributed by atoms with Gasteiger partial charge in [0.05, 0.1) is 27.0 Å². The van der Waals surface area contributed by atoms with Crippen molar-refractivity contribution < 1.29 is 19.0 Å². The molecule has 2 rings (SSSR count). The third kappa shape index (κ3) is 3.39. The van der Waals surface area contributed by atoms with Gasteiger partial charge >= 0.3 is 6.03 Å². The maximum absolute atomic E-state index is 12.2. The van der Waals surface area contributed by atoms with Crippen LogP contribution < -0.4 is 19.5 Å². The minimum absolute atomic E-state index is 0.145. The molecular weight excluding hydrogens is 272 g/mol. The van der Waals surface area contributed by atoms with E-state index in [1.54, 1.807) is 38.4 Å². The summed E-state index contributed by atoms with van der Waals surface area (Å²) in [5.41, 5.74) is 0.601. The molecule has 0 radical (unpaired) electrons. The first-order valence-electron chi connectivity index (χ1n) is 6.70. The molecule has 0 fully saturated rings. The standard InChI is InChI=1S/C15H20N2O4/c1-19-12-9-11(10-13(20-2)14(12)21-3)16-15(18)17-7-5-4-6-8-17/h4-5,9-10H,6-8H2,1-3H3,(H,16,18). The van der Waals surface area contributed by atoms with Crippen molar-refractivity contribution in [1.29, 1.82) is 0 Å². The predicted octanol–water partition coefficient (Wildman–Crippen LogP) is 2.51. The first-order valence-corrected chi connectivity index (χ1v) is 6.70. The Labute approximate surface area is 124 Å². The molecule has 0 saturated heterocycles. The highest BCUT2D eigenvalue weighted by atomic mass is 16.5. The Kier molecular flexibility index (Phi) is 4.92. The molecule has 0 aliphatic carbocycles. The monoisotopic (exact) mass is 292 g/mol. The number of carbonyl (C=O) groups excluding carboxylic acids is 1. The van der Waals surface area contributed by atoms with Crippen molar-refractivity contribution in [2.45, 2.75) is 6.42 Å². The third-order valence-electron chi connectivity index (χ3n) is 3.26. The number of amides is 2. The number of ether oxygens (including phenoxy) is 3. The van der Waals surface area contributed by atoms with Crippen molar-refractivity contribution in [3.05, 3.63) is 24.3 Å². The summed E-state index contributed by atoms with van der Waals surface area (Å²) >= 11 is 0. The molecule has 0 atom stereocenters. The average Bonchev–Trinajstić information content (AvgIpc) is 2.54. The number of benzene rings is 1. The lowest BCUT2D eigenvalue weighted by molar-refractivity contribution is 0.216. The summed E-state index contributed by atoms with van der Waals surface area (Å²) in [4.78, 5) is 13.9. The molecule has 21 heavy (non-hydrogen) atoms. The Bertz CT molecular complexity index is 517. The van der Waals surface area contributed by atoms with Crippen LogP contribution in [0.4, 0.5) is 10.5 Å². The van der Waals surface area contributed by atoms with Crippen LogP contribution in [0.1, 0.15) is 6.42 Å². The Hall–Kier alpha value is -2.37. The zero-order chi connectivity index (χ0) is 15.2. The quantitative estimate of drug-likeness (QED) is 0.866. The fourth-order valence-corrected chi connectivity index (χ4v) is 2.18. The fourth-order valence-electron chi connectivity index (χ4n) is 2.18. The molecule has 6 nitrogen and oxygen atoms in total. The highest BCUT2D eigenvalue weighted by molar-refractivity contribution is 5.90. The summed E-state index contributed by atoms with van der Waals surface area (Å²) < 4.78 is 15.8. The lowest BCUT2D eigenvalue weighted by atomic mass is 10.2. The van der Waals surface area contributed by atoms with Crippen LogP contribution in [0, 0.1) is 0 Å². The summed E-state index contributed by atoms with van der Waals surface area (Å²) in [7, 11) is 4.62. The molecular formula is C15H20N2O4. The second-order valence-electron chi connectivity index (χ2n) is 4.55. The van der Waals surface area contributed by atoms with Gasteiger partial charge in [0, 0.05) is 25.2 Å². The molecule has 1 heterocycles. The van der Waals surface area contributed by atoms with Crippen molar-refractivity contribution in [3.8, 4) is 17.2 Å². The van der Waals surface area contributed by atoms with Gasteiger partial charge in [-0.25, -0.2) is 4.79 Å². The van der Waals surface area contributed by atoms with Gasteiger partial charge in [-0.3, -0.25) is 0 Å². The number of hydrogen-bond donors (Lipinski definition) is 1. The van der Waals surface area contributed by atoms with Gasteiger partial charge in [0.2, 0.25) is 5.75 Å². The lowest BCUT2D eigenvalue weighted by Gasteiger charge is -2.24. The van der Waals surface area contributed by atoms with Crippen LogP contribution in [0.25, 0.3) is 0 Å². The molecule has 0 aromatic heterocycles. The van der Waals surface area contributed by atoms with Gasteiger partial charge < -0.3 is 24.4 Å². The van der Waals surface area contributed by atoms with Gasteiger partial charge in [0.25, 0.3) is 0 Å². The molecule has 1 aliphatic heterocycles. The number of anilines is 1. The van der Waals surface area contributed by atoms with Crippen LogP contribution in [0.2, 0.25) is 0 Å². The highest BCUT2D eigenvalue weighted by Crippen LogP contribution is 2.39. The Morgan fingerprint density at radius 1 is 1.10 bits per heavy atom. The van der Waals surface area contributed by atoms with Crippen LogP contribution in [0.5, 0.6) is 17.2 Å². The van der Waals surface area contributed by atoms with Gasteiger partial charge in [0.1, 0.15) is 0 Å². The van der Waals surface area contributed by atoms with Crippen molar-refractivity contribution in [1.82, 2.24) is 4.90 Å². The topological polar surface area (TPSA) is 60.0 Å². The Balaban J connectivity index is 2.19. The molecule has 0 unspecified atom stereocenters. The van der Waals surface area contributed by atoms with E-state index in [0.29, 0.717) is 36.0 Å². The van der Waals surface area contributed by atoms with Gasteiger partial charge in [-0.15, -0.1) is 0 Å². The molecule has 1 aromatic rings. The first kappa shape index (κ1) is 15.0. The normalized spacial score (nSPS) is 13.8. The number of hydrogen-bond acceptors (Lipinski definition) is 4. The molecule has 0 saturated carbocycles. The van der Waals surface area contributed by atoms with E-state index in [2.05, 4.69) is 11.4 Å². The zero-order valence-corrected chi connectivity index (χ0v) is 12.5. The molecule has 1 aromatic carbocycles. The van der Waals surface area contributed by atoms with Crippen LogP contribution in [-0.4, -0.2) is 45.3 Å². The van der Waals surface area contributed by atoms with Crippen molar-refractivity contribution >= 4 is 11.7 Å². The zero-order valence-electron chi connectivity index (χ0n) is 12.5. The fraction of sp³-hybridized carbons (Fsp3) is 0.400. The van der Waals surface area contributed by atoms with Crippen molar-refractivity contribution in [2.24, 2.45) is 0 Å². The van der Waals surface area contributed by atoms with E-state index in [0.717, 1.165) is 6.42 Å². The van der Waals surface area contributed by atoms with Gasteiger partial charge in [0.15, 0.2) is 11.5 Å². The van der Waals surface area contributed by atoms with E-state index < -0.39 is 0 Å². The maximum atomic E-state index is 12.2. The van der Waals surface area contributed by atoms with E-state index >= 15 is 0 Å². The third-order valence-corrected chi connectivity index (χ3v) is 3.26. The molecule has 0 spiro atoms. The Morgan fingerprint density at radius 3 is 2.24 bits per heavy atom. The number of nitrogens with one attached hydrogen (secondary N) is 1. The molecule has 1 N–H and O–H groups in total. The van der Waals surface area contributed by atoms with Crippen LogP contribution >= 0.6 is 0 Å². The van der Waals surface area contributed by atoms with Crippen molar-refractivity contribution in [2.75, 3.05) is 39.7 Å². The van der Waals surface area contributed by atoms with Gasteiger partial charge in [-0.2, -0.15) is 0 Å². The minimum atomic E-state index is -0.145. The number of methoxy groups -OCH3 is 3. The Morgan fingerprint density at radius 2 is 1.76 bits per heavy atom. The van der Waals surface area contributed by atoms with E-state index in [1.165, 1.54) is 0 Å². The summed E-state index contributed by atoms with van der Waals surface area (Å²) in [5.74, 6) is 1.51. The van der Waals surface area contributed by atoms with E-state index in [4.69, 9.17) is 14.2 Å².